The van der Waals surface area contributed by atoms with Crippen LogP contribution in [-0.4, -0.2) is 19.1 Å². The molecule has 0 amide bonds. The molecule has 0 aliphatic rings. The van der Waals surface area contributed by atoms with E-state index < -0.39 is 11.7 Å². The molecule has 0 aliphatic heterocycles. The van der Waals surface area contributed by atoms with E-state index >= 15 is 0 Å². The summed E-state index contributed by atoms with van der Waals surface area (Å²) < 4.78 is 37.3. The molecule has 84 valence electrons. The fourth-order valence-corrected chi connectivity index (χ4v) is 0.983. The van der Waals surface area contributed by atoms with Crippen LogP contribution >= 0.6 is 0 Å². The van der Waals surface area contributed by atoms with Crippen LogP contribution in [0.4, 0.5) is 24.8 Å². The Morgan fingerprint density at radius 3 is 2.33 bits per heavy atom. The predicted octanol–water partition coefficient (Wildman–Crippen LogP) is 1.45. The summed E-state index contributed by atoms with van der Waals surface area (Å²) in [7, 11) is 3.20. The van der Waals surface area contributed by atoms with Gasteiger partial charge in [-0.25, -0.2) is 10.8 Å². The second-order valence-electron chi connectivity index (χ2n) is 3.14. The molecule has 4 nitrogen and oxygen atoms in total. The van der Waals surface area contributed by atoms with Crippen LogP contribution in [0.1, 0.15) is 5.56 Å². The van der Waals surface area contributed by atoms with E-state index in [0.29, 0.717) is 0 Å². The molecule has 1 heterocycles. The molecule has 0 unspecified atom stereocenters. The van der Waals surface area contributed by atoms with Crippen molar-refractivity contribution in [3.05, 3.63) is 17.7 Å². The van der Waals surface area contributed by atoms with Crippen molar-refractivity contribution < 1.29 is 13.2 Å². The van der Waals surface area contributed by atoms with Gasteiger partial charge in [0.15, 0.2) is 0 Å². The second kappa shape index (κ2) is 3.93. The number of nitrogens with zero attached hydrogens (tertiary/aromatic N) is 2. The first-order valence-electron chi connectivity index (χ1n) is 4.08. The normalized spacial score (nSPS) is 11.3. The van der Waals surface area contributed by atoms with Crippen LogP contribution in [0.25, 0.3) is 0 Å². The Morgan fingerprint density at radius 2 is 1.93 bits per heavy atom. The Labute approximate surface area is 84.9 Å². The van der Waals surface area contributed by atoms with Crippen LogP contribution in [0.3, 0.4) is 0 Å². The number of hydrogen-bond donors (Lipinski definition) is 2. The van der Waals surface area contributed by atoms with E-state index in [2.05, 4.69) is 10.4 Å². The van der Waals surface area contributed by atoms with Crippen LogP contribution in [-0.2, 0) is 6.18 Å². The molecule has 0 aromatic carbocycles. The van der Waals surface area contributed by atoms with Gasteiger partial charge in [0.25, 0.3) is 0 Å². The van der Waals surface area contributed by atoms with E-state index in [1.54, 1.807) is 14.1 Å². The number of halogens is 3. The third kappa shape index (κ3) is 2.72. The largest absolute Gasteiger partial charge is 0.416 e. The molecule has 7 heteroatoms. The van der Waals surface area contributed by atoms with Crippen molar-refractivity contribution in [1.82, 2.24) is 4.98 Å². The number of alkyl halides is 3. The lowest BCUT2D eigenvalue weighted by Crippen LogP contribution is -2.17. The molecule has 0 atom stereocenters. The van der Waals surface area contributed by atoms with Gasteiger partial charge in [-0.3, -0.25) is 0 Å². The van der Waals surface area contributed by atoms with Gasteiger partial charge in [0.05, 0.1) is 5.56 Å². The van der Waals surface area contributed by atoms with Crippen molar-refractivity contribution in [3.8, 4) is 0 Å². The minimum absolute atomic E-state index is 0.0199. The van der Waals surface area contributed by atoms with E-state index in [1.807, 2.05) is 0 Å². The zero-order chi connectivity index (χ0) is 11.6. The third-order valence-corrected chi connectivity index (χ3v) is 1.75. The number of hydrazine groups is 1. The highest BCUT2D eigenvalue weighted by Gasteiger charge is 2.31. The Morgan fingerprint density at radius 1 is 1.33 bits per heavy atom. The van der Waals surface area contributed by atoms with Crippen molar-refractivity contribution in [1.29, 1.82) is 0 Å². The Kier molecular flexibility index (Phi) is 3.04. The molecule has 0 aliphatic carbocycles. The molecular weight excluding hydrogens is 209 g/mol. The maximum atomic E-state index is 12.4. The van der Waals surface area contributed by atoms with Gasteiger partial charge in [0.1, 0.15) is 11.6 Å². The SMILES string of the molecule is CN(C)c1cc(C(F)(F)F)cc(NN)n1. The fraction of sp³-hybridized carbons (Fsp3) is 0.375. The Bertz CT molecular complexity index is 348. The molecular formula is C8H11F3N4. The quantitative estimate of drug-likeness (QED) is 0.585. The molecule has 15 heavy (non-hydrogen) atoms. The topological polar surface area (TPSA) is 54.2 Å². The van der Waals surface area contributed by atoms with E-state index in [0.717, 1.165) is 12.1 Å². The molecule has 3 N–H and O–H groups in total. The van der Waals surface area contributed by atoms with Crippen molar-refractivity contribution in [3.63, 3.8) is 0 Å². The maximum Gasteiger partial charge on any atom is 0.416 e. The van der Waals surface area contributed by atoms with Crippen LogP contribution in [0.15, 0.2) is 12.1 Å². The summed E-state index contributed by atoms with van der Waals surface area (Å²) >= 11 is 0. The van der Waals surface area contributed by atoms with Gasteiger partial charge >= 0.3 is 6.18 Å². The molecule has 0 fully saturated rings. The first-order chi connectivity index (χ1) is 6.84. The van der Waals surface area contributed by atoms with Gasteiger partial charge in [-0.15, -0.1) is 0 Å². The zero-order valence-corrected chi connectivity index (χ0v) is 8.26. The van der Waals surface area contributed by atoms with Crippen molar-refractivity contribution in [2.24, 2.45) is 5.84 Å². The highest BCUT2D eigenvalue weighted by Crippen LogP contribution is 2.32. The van der Waals surface area contributed by atoms with Crippen LogP contribution in [0.5, 0.6) is 0 Å². The number of nitrogen functional groups attached to an aromatic ring is 1. The van der Waals surface area contributed by atoms with Gasteiger partial charge in [0.2, 0.25) is 0 Å². The van der Waals surface area contributed by atoms with Crippen LogP contribution < -0.4 is 16.2 Å². The average Bonchev–Trinajstić information content (AvgIpc) is 2.15. The van der Waals surface area contributed by atoms with E-state index in [-0.39, 0.29) is 11.6 Å². The highest BCUT2D eigenvalue weighted by molar-refractivity contribution is 5.49. The lowest BCUT2D eigenvalue weighted by molar-refractivity contribution is -0.137. The fourth-order valence-electron chi connectivity index (χ4n) is 0.983. The molecule has 0 spiro atoms. The molecule has 1 aromatic heterocycles. The minimum Gasteiger partial charge on any atom is -0.363 e. The maximum absolute atomic E-state index is 12.4. The van der Waals surface area contributed by atoms with Gasteiger partial charge in [-0.05, 0) is 12.1 Å². The summed E-state index contributed by atoms with van der Waals surface area (Å²) in [5.74, 6) is 5.21. The van der Waals surface area contributed by atoms with Crippen LogP contribution in [0, 0.1) is 0 Å². The first kappa shape index (κ1) is 11.6. The van der Waals surface area contributed by atoms with Crippen molar-refractivity contribution in [2.45, 2.75) is 6.18 Å². The number of rotatable bonds is 2. The lowest BCUT2D eigenvalue weighted by atomic mass is 10.2. The van der Waals surface area contributed by atoms with Gasteiger partial charge in [0, 0.05) is 14.1 Å². The van der Waals surface area contributed by atoms with Gasteiger partial charge < -0.3 is 10.3 Å². The van der Waals surface area contributed by atoms with Crippen molar-refractivity contribution >= 4 is 11.6 Å². The summed E-state index contributed by atoms with van der Waals surface area (Å²) in [6, 6.07) is 1.81. The highest BCUT2D eigenvalue weighted by atomic mass is 19.4. The standard InChI is InChI=1S/C8H11F3N4/c1-15(2)7-4-5(8(9,10)11)3-6(13-7)14-12/h3-4H,12H2,1-2H3,(H,13,14). The third-order valence-electron chi connectivity index (χ3n) is 1.75. The molecule has 0 bridgehead atoms. The monoisotopic (exact) mass is 220 g/mol. The average molecular weight is 220 g/mol. The second-order valence-corrected chi connectivity index (χ2v) is 3.14. The predicted molar refractivity (Wildman–Crippen MR) is 51.4 cm³/mol. The number of nitrogens with one attached hydrogen (secondary N) is 1. The van der Waals surface area contributed by atoms with Gasteiger partial charge in [-0.1, -0.05) is 0 Å². The number of hydrogen-bond acceptors (Lipinski definition) is 4. The number of nitrogens with two attached hydrogens (primary N) is 1. The summed E-state index contributed by atoms with van der Waals surface area (Å²) in [5, 5.41) is 0. The number of aromatic nitrogens is 1. The molecule has 1 rings (SSSR count). The number of anilines is 2. The van der Waals surface area contributed by atoms with E-state index in [4.69, 9.17) is 5.84 Å². The number of pyridine rings is 1. The Balaban J connectivity index is 3.23. The molecule has 1 aromatic rings. The molecule has 0 saturated carbocycles. The first-order valence-corrected chi connectivity index (χ1v) is 4.08. The summed E-state index contributed by atoms with van der Waals surface area (Å²) in [6.45, 7) is 0. The summed E-state index contributed by atoms with van der Waals surface area (Å²) in [5.41, 5.74) is 1.31. The summed E-state index contributed by atoms with van der Waals surface area (Å²) in [6.07, 6.45) is -4.40. The Hall–Kier alpha value is -1.50. The smallest absolute Gasteiger partial charge is 0.363 e. The minimum atomic E-state index is -4.40. The molecule has 0 radical (unpaired) electrons. The lowest BCUT2D eigenvalue weighted by Gasteiger charge is -2.15. The zero-order valence-electron chi connectivity index (χ0n) is 8.26. The van der Waals surface area contributed by atoms with Crippen LogP contribution in [0.2, 0.25) is 0 Å². The molecule has 0 saturated heterocycles. The van der Waals surface area contributed by atoms with Crippen molar-refractivity contribution in [2.75, 3.05) is 24.4 Å². The van der Waals surface area contributed by atoms with Gasteiger partial charge in [-0.2, -0.15) is 13.2 Å². The van der Waals surface area contributed by atoms with E-state index in [1.165, 1.54) is 4.90 Å². The van der Waals surface area contributed by atoms with E-state index in [9.17, 15) is 13.2 Å². The summed E-state index contributed by atoms with van der Waals surface area (Å²) in [4.78, 5) is 5.32.